The predicted molar refractivity (Wildman–Crippen MR) is 150 cm³/mol. The Morgan fingerprint density at radius 3 is 2.55 bits per heavy atom. The topological polar surface area (TPSA) is 92.6 Å². The molecule has 0 saturated carbocycles. The summed E-state index contributed by atoms with van der Waals surface area (Å²) in [7, 11) is 1.52. The zero-order chi connectivity index (χ0) is 26.8. The van der Waals surface area contributed by atoms with Gasteiger partial charge in [-0.3, -0.25) is 14.5 Å². The number of carbonyl (C=O) groups is 2. The van der Waals surface area contributed by atoms with E-state index in [0.717, 1.165) is 5.56 Å². The van der Waals surface area contributed by atoms with E-state index in [4.69, 9.17) is 27.9 Å². The van der Waals surface area contributed by atoms with Crippen molar-refractivity contribution in [2.75, 3.05) is 12.0 Å². The van der Waals surface area contributed by atoms with Gasteiger partial charge >= 0.3 is 5.91 Å². The first-order valence-electron chi connectivity index (χ1n) is 11.3. The van der Waals surface area contributed by atoms with E-state index in [1.54, 1.807) is 48.5 Å². The predicted octanol–water partition coefficient (Wildman–Crippen LogP) is 6.77. The number of hydrogen-bond donors (Lipinski definition) is 1. The van der Waals surface area contributed by atoms with Crippen molar-refractivity contribution in [1.82, 2.24) is 10.2 Å². The largest absolute Gasteiger partial charge is 0.507 e. The maximum atomic E-state index is 13.4. The lowest BCUT2D eigenvalue weighted by Gasteiger charge is -2.22. The van der Waals surface area contributed by atoms with E-state index in [9.17, 15) is 14.7 Å². The number of nitrogens with zero attached hydrogens (tertiary/aromatic N) is 3. The number of aromatic nitrogens is 2. The van der Waals surface area contributed by atoms with Crippen LogP contribution in [0.15, 0.2) is 82.7 Å². The van der Waals surface area contributed by atoms with Crippen LogP contribution in [0.3, 0.4) is 0 Å². The van der Waals surface area contributed by atoms with Crippen molar-refractivity contribution in [2.45, 2.75) is 16.1 Å². The van der Waals surface area contributed by atoms with Crippen LogP contribution in [-0.4, -0.2) is 34.1 Å². The van der Waals surface area contributed by atoms with Crippen LogP contribution in [0.1, 0.15) is 22.7 Å². The smallest absolute Gasteiger partial charge is 0.301 e. The Hall–Kier alpha value is -3.37. The van der Waals surface area contributed by atoms with Crippen molar-refractivity contribution in [3.05, 3.63) is 105 Å². The van der Waals surface area contributed by atoms with E-state index in [-0.39, 0.29) is 16.5 Å². The summed E-state index contributed by atoms with van der Waals surface area (Å²) in [5.41, 5.74) is 1.80. The van der Waals surface area contributed by atoms with Crippen LogP contribution in [0.5, 0.6) is 5.75 Å². The van der Waals surface area contributed by atoms with Crippen LogP contribution in [-0.2, 0) is 15.3 Å². The number of benzene rings is 3. The van der Waals surface area contributed by atoms with Crippen molar-refractivity contribution in [2.24, 2.45) is 0 Å². The molecular formula is C27H19Cl2N3O4S2. The second-order valence-electron chi connectivity index (χ2n) is 8.18. The van der Waals surface area contributed by atoms with Gasteiger partial charge in [-0.1, -0.05) is 76.6 Å². The highest BCUT2D eigenvalue weighted by Crippen LogP contribution is 2.44. The molecule has 0 aliphatic carbocycles. The van der Waals surface area contributed by atoms with Crippen molar-refractivity contribution in [1.29, 1.82) is 0 Å². The highest BCUT2D eigenvalue weighted by Gasteiger charge is 2.48. The summed E-state index contributed by atoms with van der Waals surface area (Å²) in [6.45, 7) is 0. The molecule has 192 valence electrons. The summed E-state index contributed by atoms with van der Waals surface area (Å²) in [5.74, 6) is -0.859. The molecule has 1 atom stereocenters. The van der Waals surface area contributed by atoms with Crippen molar-refractivity contribution >= 4 is 68.9 Å². The fourth-order valence-corrected chi connectivity index (χ4v) is 6.31. The number of ether oxygens (including phenoxy) is 1. The third kappa shape index (κ3) is 5.15. The molecule has 1 aliphatic heterocycles. The van der Waals surface area contributed by atoms with Gasteiger partial charge in [0.25, 0.3) is 5.78 Å². The van der Waals surface area contributed by atoms with E-state index >= 15 is 0 Å². The summed E-state index contributed by atoms with van der Waals surface area (Å²) < 4.78 is 5.97. The van der Waals surface area contributed by atoms with Gasteiger partial charge in [0.2, 0.25) is 5.13 Å². The third-order valence-corrected chi connectivity index (χ3v) is 8.61. The lowest BCUT2D eigenvalue weighted by molar-refractivity contribution is -0.132. The fourth-order valence-electron chi connectivity index (χ4n) is 4.03. The number of carbonyl (C=O) groups excluding carboxylic acids is 2. The van der Waals surface area contributed by atoms with Crippen LogP contribution in [0.2, 0.25) is 10.0 Å². The Morgan fingerprint density at radius 1 is 1.05 bits per heavy atom. The summed E-state index contributed by atoms with van der Waals surface area (Å²) in [5, 5.41) is 21.0. The first-order chi connectivity index (χ1) is 18.4. The standard InChI is InChI=1S/C27H19Cl2N3O4S2/c1-36-19-7-4-6-16(13-19)22-21(23(33)15-9-11-18(28)12-10-15)24(34)25(35)32(22)26-30-31-27(38-26)37-14-17-5-2-3-8-20(17)29/h2-13,22,33H,14H2,1H3/b23-21-. The zero-order valence-corrected chi connectivity index (χ0v) is 22.9. The number of amides is 1. The van der Waals surface area contributed by atoms with Crippen LogP contribution >= 0.6 is 46.3 Å². The minimum Gasteiger partial charge on any atom is -0.507 e. The van der Waals surface area contributed by atoms with Gasteiger partial charge in [-0.15, -0.1) is 10.2 Å². The number of methoxy groups -OCH3 is 1. The summed E-state index contributed by atoms with van der Waals surface area (Å²) >= 11 is 14.9. The average Bonchev–Trinajstić information content (AvgIpc) is 3.50. The molecule has 11 heteroatoms. The maximum absolute atomic E-state index is 13.4. The molecule has 2 heterocycles. The number of halogens is 2. The first-order valence-corrected chi connectivity index (χ1v) is 13.8. The minimum atomic E-state index is -0.949. The van der Waals surface area contributed by atoms with Crippen LogP contribution < -0.4 is 9.64 Å². The first kappa shape index (κ1) is 26.2. The van der Waals surface area contributed by atoms with Gasteiger partial charge in [0.05, 0.1) is 18.7 Å². The molecule has 1 amide bonds. The third-order valence-electron chi connectivity index (χ3n) is 5.88. The lowest BCUT2D eigenvalue weighted by atomic mass is 9.95. The molecule has 1 fully saturated rings. The summed E-state index contributed by atoms with van der Waals surface area (Å²) in [6, 6.07) is 19.9. The summed E-state index contributed by atoms with van der Waals surface area (Å²) in [6.07, 6.45) is 0. The van der Waals surface area contributed by atoms with Gasteiger partial charge in [-0.05, 0) is 53.6 Å². The second kappa shape index (κ2) is 11.2. The molecule has 4 aromatic rings. The monoisotopic (exact) mass is 583 g/mol. The fraction of sp³-hybridized carbons (Fsp3) is 0.111. The Morgan fingerprint density at radius 2 is 1.82 bits per heavy atom. The zero-order valence-electron chi connectivity index (χ0n) is 19.8. The Balaban J connectivity index is 1.56. The van der Waals surface area contributed by atoms with Crippen LogP contribution in [0.25, 0.3) is 5.76 Å². The van der Waals surface area contributed by atoms with Gasteiger partial charge in [-0.25, -0.2) is 0 Å². The van der Waals surface area contributed by atoms with Gasteiger partial charge in [0.15, 0.2) is 4.34 Å². The number of aliphatic hydroxyl groups excluding tert-OH is 1. The SMILES string of the molecule is COc1cccc(C2/C(=C(/O)c3ccc(Cl)cc3)C(=O)C(=O)N2c2nnc(SCc3ccccc3Cl)s2)c1. The minimum absolute atomic E-state index is 0.0638. The number of ketones is 1. The van der Waals surface area contributed by atoms with Crippen molar-refractivity contribution < 1.29 is 19.4 Å². The Kier molecular flexibility index (Phi) is 7.71. The number of thioether (sulfide) groups is 1. The molecule has 38 heavy (non-hydrogen) atoms. The van der Waals surface area contributed by atoms with Gasteiger partial charge in [-0.2, -0.15) is 0 Å². The average molecular weight is 585 g/mol. The van der Waals surface area contributed by atoms with Gasteiger partial charge in [0.1, 0.15) is 11.5 Å². The molecule has 1 N–H and O–H groups in total. The Labute approximate surface area is 236 Å². The molecule has 1 aromatic heterocycles. The molecule has 0 spiro atoms. The normalized spacial score (nSPS) is 16.7. The summed E-state index contributed by atoms with van der Waals surface area (Å²) in [4.78, 5) is 28.0. The van der Waals surface area contributed by atoms with Gasteiger partial charge < -0.3 is 9.84 Å². The highest BCUT2D eigenvalue weighted by atomic mass is 35.5. The number of aliphatic hydroxyl groups is 1. The second-order valence-corrected chi connectivity index (χ2v) is 11.2. The van der Waals surface area contributed by atoms with Crippen LogP contribution in [0, 0.1) is 0 Å². The molecular weight excluding hydrogens is 565 g/mol. The van der Waals surface area contributed by atoms with E-state index in [1.165, 1.54) is 35.1 Å². The highest BCUT2D eigenvalue weighted by molar-refractivity contribution is 8.00. The molecule has 1 unspecified atom stereocenters. The van der Waals surface area contributed by atoms with E-state index < -0.39 is 17.7 Å². The van der Waals surface area contributed by atoms with E-state index in [1.807, 2.05) is 24.3 Å². The Bertz CT molecular complexity index is 1560. The van der Waals surface area contributed by atoms with Crippen LogP contribution in [0.4, 0.5) is 5.13 Å². The maximum Gasteiger partial charge on any atom is 0.301 e. The number of rotatable bonds is 7. The number of hydrogen-bond acceptors (Lipinski definition) is 8. The quantitative estimate of drug-likeness (QED) is 0.0843. The van der Waals surface area contributed by atoms with Gasteiger partial charge in [0, 0.05) is 21.4 Å². The van der Waals surface area contributed by atoms with Crippen molar-refractivity contribution in [3.63, 3.8) is 0 Å². The molecule has 5 rings (SSSR count). The molecule has 0 bridgehead atoms. The lowest BCUT2D eigenvalue weighted by Crippen LogP contribution is -2.29. The molecule has 1 aliphatic rings. The molecule has 0 radical (unpaired) electrons. The molecule has 7 nitrogen and oxygen atoms in total. The van der Waals surface area contributed by atoms with E-state index in [0.29, 0.717) is 37.0 Å². The molecule has 3 aromatic carbocycles. The van der Waals surface area contributed by atoms with E-state index in [2.05, 4.69) is 10.2 Å². The van der Waals surface area contributed by atoms with Crippen molar-refractivity contribution in [3.8, 4) is 5.75 Å². The number of anilines is 1. The number of Topliss-reactive ketones (excluding diaryl/α,β-unsaturated/α-hetero) is 1. The molecule has 1 saturated heterocycles.